The van der Waals surface area contributed by atoms with Crippen LogP contribution in [0.25, 0.3) is 16.9 Å². The monoisotopic (exact) mass is 291 g/mol. The fourth-order valence-electron chi connectivity index (χ4n) is 2.74. The molecule has 3 rings (SSSR count). The van der Waals surface area contributed by atoms with Crippen molar-refractivity contribution in [1.82, 2.24) is 4.57 Å². The molecule has 0 radical (unpaired) electrons. The Morgan fingerprint density at radius 1 is 0.955 bits per heavy atom. The molecule has 0 saturated carbocycles. The van der Waals surface area contributed by atoms with Crippen molar-refractivity contribution in [2.45, 2.75) is 13.8 Å². The van der Waals surface area contributed by atoms with Crippen molar-refractivity contribution in [2.24, 2.45) is 0 Å². The molecule has 0 unspecified atom stereocenters. The number of benzene rings is 2. The summed E-state index contributed by atoms with van der Waals surface area (Å²) >= 11 is 0. The lowest BCUT2D eigenvalue weighted by Gasteiger charge is -2.13. The molecule has 1 heterocycles. The van der Waals surface area contributed by atoms with E-state index in [1.54, 1.807) is 6.07 Å². The van der Waals surface area contributed by atoms with Crippen LogP contribution < -0.4 is 0 Å². The van der Waals surface area contributed by atoms with Crippen LogP contribution in [0.4, 0.5) is 0 Å². The number of carboxylic acids is 1. The van der Waals surface area contributed by atoms with Gasteiger partial charge in [0.2, 0.25) is 0 Å². The molecule has 0 saturated heterocycles. The fourth-order valence-corrected chi connectivity index (χ4v) is 2.74. The first kappa shape index (κ1) is 14.1. The van der Waals surface area contributed by atoms with E-state index >= 15 is 0 Å². The van der Waals surface area contributed by atoms with Gasteiger partial charge in [-0.15, -0.1) is 0 Å². The van der Waals surface area contributed by atoms with Crippen molar-refractivity contribution in [3.63, 3.8) is 0 Å². The Morgan fingerprint density at radius 2 is 1.68 bits per heavy atom. The lowest BCUT2D eigenvalue weighted by atomic mass is 10.1. The number of rotatable bonds is 3. The van der Waals surface area contributed by atoms with Gasteiger partial charge < -0.3 is 9.67 Å². The largest absolute Gasteiger partial charge is 0.478 e. The summed E-state index contributed by atoms with van der Waals surface area (Å²) < 4.78 is 2.01. The number of aromatic carboxylic acids is 1. The maximum absolute atomic E-state index is 11.5. The summed E-state index contributed by atoms with van der Waals surface area (Å²) in [5.41, 5.74) is 5.07. The Hall–Kier alpha value is -2.81. The Bertz CT molecular complexity index is 832. The van der Waals surface area contributed by atoms with Gasteiger partial charge in [0.15, 0.2) is 0 Å². The van der Waals surface area contributed by atoms with Crippen LogP contribution in [0.5, 0.6) is 0 Å². The molecule has 0 spiro atoms. The van der Waals surface area contributed by atoms with Crippen molar-refractivity contribution >= 4 is 5.97 Å². The Kier molecular flexibility index (Phi) is 3.55. The summed E-state index contributed by atoms with van der Waals surface area (Å²) in [6, 6.07) is 19.7. The molecule has 0 fully saturated rings. The summed E-state index contributed by atoms with van der Waals surface area (Å²) in [4.78, 5) is 11.5. The van der Waals surface area contributed by atoms with Crippen molar-refractivity contribution in [3.05, 3.63) is 77.5 Å². The molecule has 1 aromatic heterocycles. The highest BCUT2D eigenvalue weighted by Gasteiger charge is 2.18. The molecule has 0 atom stereocenters. The smallest absolute Gasteiger partial charge is 0.337 e. The molecule has 3 nitrogen and oxygen atoms in total. The van der Waals surface area contributed by atoms with Crippen LogP contribution in [0.2, 0.25) is 0 Å². The first-order valence-corrected chi connectivity index (χ1v) is 7.16. The van der Waals surface area contributed by atoms with Crippen LogP contribution >= 0.6 is 0 Å². The molecule has 1 N–H and O–H groups in total. The highest BCUT2D eigenvalue weighted by molar-refractivity contribution is 5.91. The maximum atomic E-state index is 11.5. The zero-order valence-electron chi connectivity index (χ0n) is 12.6. The number of aryl methyl sites for hydroxylation is 1. The van der Waals surface area contributed by atoms with Gasteiger partial charge in [-0.3, -0.25) is 0 Å². The molecular formula is C19H17NO2. The topological polar surface area (TPSA) is 42.2 Å². The van der Waals surface area contributed by atoms with E-state index in [-0.39, 0.29) is 0 Å². The second-order valence-corrected chi connectivity index (χ2v) is 5.37. The summed E-state index contributed by atoms with van der Waals surface area (Å²) in [5.74, 6) is -0.902. The van der Waals surface area contributed by atoms with E-state index in [9.17, 15) is 9.90 Å². The summed E-state index contributed by atoms with van der Waals surface area (Å²) in [6.07, 6.45) is 0. The lowest BCUT2D eigenvalue weighted by Crippen LogP contribution is -2.02. The van der Waals surface area contributed by atoms with Crippen LogP contribution in [0, 0.1) is 13.8 Å². The van der Waals surface area contributed by atoms with Gasteiger partial charge in [-0.05, 0) is 43.2 Å². The van der Waals surface area contributed by atoms with Gasteiger partial charge >= 0.3 is 5.97 Å². The molecule has 3 heteroatoms. The maximum Gasteiger partial charge on any atom is 0.337 e. The number of carboxylic acid groups (broad SMARTS) is 1. The van der Waals surface area contributed by atoms with Gasteiger partial charge in [0, 0.05) is 11.4 Å². The molecule has 2 aromatic carbocycles. The van der Waals surface area contributed by atoms with E-state index in [1.165, 1.54) is 0 Å². The zero-order valence-corrected chi connectivity index (χ0v) is 12.6. The Labute approximate surface area is 129 Å². The number of aromatic nitrogens is 1. The summed E-state index contributed by atoms with van der Waals surface area (Å²) in [7, 11) is 0. The third-order valence-corrected chi connectivity index (χ3v) is 3.81. The predicted molar refractivity (Wildman–Crippen MR) is 87.6 cm³/mol. The Balaban J connectivity index is 2.30. The minimum Gasteiger partial charge on any atom is -0.478 e. The fraction of sp³-hybridized carbons (Fsp3) is 0.105. The molecule has 0 aliphatic heterocycles. The van der Waals surface area contributed by atoms with Crippen molar-refractivity contribution < 1.29 is 9.90 Å². The van der Waals surface area contributed by atoms with Gasteiger partial charge in [-0.2, -0.15) is 0 Å². The van der Waals surface area contributed by atoms with Crippen LogP contribution in [0.15, 0.2) is 60.7 Å². The summed E-state index contributed by atoms with van der Waals surface area (Å²) in [5, 5.41) is 9.44. The van der Waals surface area contributed by atoms with E-state index in [1.807, 2.05) is 66.9 Å². The van der Waals surface area contributed by atoms with Gasteiger partial charge in [-0.25, -0.2) is 4.79 Å². The van der Waals surface area contributed by atoms with E-state index < -0.39 is 5.97 Å². The van der Waals surface area contributed by atoms with E-state index in [4.69, 9.17) is 0 Å². The van der Waals surface area contributed by atoms with Crippen LogP contribution in [0.3, 0.4) is 0 Å². The standard InChI is InChI=1S/C19H17NO2/c1-13-7-6-10-16(11-13)20-14(2)17(19(21)22)12-18(20)15-8-4-3-5-9-15/h3-12H,1-2H3,(H,21,22). The molecule has 0 bridgehead atoms. The van der Waals surface area contributed by atoms with Crippen LogP contribution in [-0.2, 0) is 0 Å². The molecule has 0 amide bonds. The van der Waals surface area contributed by atoms with Crippen LogP contribution in [0.1, 0.15) is 21.6 Å². The average molecular weight is 291 g/mol. The van der Waals surface area contributed by atoms with Crippen molar-refractivity contribution in [1.29, 1.82) is 0 Å². The SMILES string of the molecule is Cc1cccc(-n2c(-c3ccccc3)cc(C(=O)O)c2C)c1. The number of hydrogen-bond acceptors (Lipinski definition) is 1. The van der Waals surface area contributed by atoms with E-state index in [2.05, 4.69) is 6.07 Å². The average Bonchev–Trinajstić information content (AvgIpc) is 2.86. The second kappa shape index (κ2) is 5.53. The molecule has 110 valence electrons. The predicted octanol–water partition coefficient (Wildman–Crippen LogP) is 4.46. The third kappa shape index (κ3) is 2.42. The lowest BCUT2D eigenvalue weighted by molar-refractivity contribution is 0.0696. The normalized spacial score (nSPS) is 10.6. The molecule has 3 aromatic rings. The third-order valence-electron chi connectivity index (χ3n) is 3.81. The molecule has 0 aliphatic rings. The highest BCUT2D eigenvalue weighted by atomic mass is 16.4. The number of hydrogen-bond donors (Lipinski definition) is 1. The molecule has 22 heavy (non-hydrogen) atoms. The van der Waals surface area contributed by atoms with Gasteiger partial charge in [0.25, 0.3) is 0 Å². The molecular weight excluding hydrogens is 274 g/mol. The molecule has 0 aliphatic carbocycles. The second-order valence-electron chi connectivity index (χ2n) is 5.37. The quantitative estimate of drug-likeness (QED) is 0.774. The van der Waals surface area contributed by atoms with Crippen molar-refractivity contribution in [2.75, 3.05) is 0 Å². The number of nitrogens with zero attached hydrogens (tertiary/aromatic N) is 1. The highest BCUT2D eigenvalue weighted by Crippen LogP contribution is 2.29. The van der Waals surface area contributed by atoms with Gasteiger partial charge in [0.05, 0.1) is 11.3 Å². The minimum absolute atomic E-state index is 0.334. The first-order valence-electron chi connectivity index (χ1n) is 7.16. The summed E-state index contributed by atoms with van der Waals surface area (Å²) in [6.45, 7) is 3.88. The van der Waals surface area contributed by atoms with Crippen molar-refractivity contribution in [3.8, 4) is 16.9 Å². The minimum atomic E-state index is -0.902. The van der Waals surface area contributed by atoms with Gasteiger partial charge in [-0.1, -0.05) is 42.5 Å². The van der Waals surface area contributed by atoms with Crippen LogP contribution in [-0.4, -0.2) is 15.6 Å². The first-order chi connectivity index (χ1) is 10.6. The van der Waals surface area contributed by atoms with Gasteiger partial charge in [0.1, 0.15) is 0 Å². The van der Waals surface area contributed by atoms with E-state index in [0.717, 1.165) is 28.2 Å². The van der Waals surface area contributed by atoms with E-state index in [0.29, 0.717) is 5.56 Å². The Morgan fingerprint density at radius 3 is 2.32 bits per heavy atom. The zero-order chi connectivity index (χ0) is 15.7. The number of carbonyl (C=O) groups is 1.